The van der Waals surface area contributed by atoms with E-state index in [0.717, 1.165) is 68.5 Å². The van der Waals surface area contributed by atoms with E-state index in [1.165, 1.54) is 6.42 Å². The molecule has 0 saturated heterocycles. The van der Waals surface area contributed by atoms with Crippen LogP contribution in [0.4, 0.5) is 0 Å². The maximum absolute atomic E-state index is 13.8. The van der Waals surface area contributed by atoms with Gasteiger partial charge in [-0.2, -0.15) is 4.37 Å². The number of ether oxygens (including phenoxy) is 1. The third-order valence-corrected chi connectivity index (χ3v) is 8.27. The van der Waals surface area contributed by atoms with Crippen molar-refractivity contribution < 1.29 is 14.3 Å². The number of halogens is 2. The summed E-state index contributed by atoms with van der Waals surface area (Å²) >= 11 is 13.4. The predicted octanol–water partition coefficient (Wildman–Crippen LogP) is 6.03. The lowest BCUT2D eigenvalue weighted by atomic mass is 9.94. The number of aromatic nitrogens is 1. The quantitative estimate of drug-likeness (QED) is 0.494. The molecule has 1 aromatic carbocycles. The zero-order valence-corrected chi connectivity index (χ0v) is 21.0. The lowest BCUT2D eigenvalue weighted by Gasteiger charge is -2.37. The minimum absolute atomic E-state index is 0.0711. The van der Waals surface area contributed by atoms with Crippen LogP contribution in [0.25, 0.3) is 0 Å². The molecule has 33 heavy (non-hydrogen) atoms. The molecule has 2 fully saturated rings. The molecule has 0 spiro atoms. The van der Waals surface area contributed by atoms with Gasteiger partial charge in [0, 0.05) is 12.1 Å². The Balaban J connectivity index is 1.73. The molecule has 9 heteroatoms. The van der Waals surface area contributed by atoms with Gasteiger partial charge in [-0.05, 0) is 54.9 Å². The predicted molar refractivity (Wildman–Crippen MR) is 131 cm³/mol. The Bertz CT molecular complexity index is 970. The van der Waals surface area contributed by atoms with Crippen LogP contribution >= 0.6 is 34.7 Å². The summed E-state index contributed by atoms with van der Waals surface area (Å²) < 4.78 is 9.80. The van der Waals surface area contributed by atoms with E-state index in [1.54, 1.807) is 12.0 Å². The molecule has 178 valence electrons. The summed E-state index contributed by atoms with van der Waals surface area (Å²) in [6.45, 7) is 0. The standard InChI is InChI=1S/C24H29Cl2N3O3S/c1-32-18-13-11-15(12-14-18)21(23(30)27-16-7-3-2-4-8-16)29(17-9-5-6-10-17)24(31)20-19(25)22(26)33-28-20/h11-14,16-17,21H,2-10H2,1H3,(H,27,30)/t21-/m1/s1. The van der Waals surface area contributed by atoms with Crippen LogP contribution in [-0.4, -0.2) is 40.3 Å². The monoisotopic (exact) mass is 509 g/mol. The molecule has 1 heterocycles. The highest BCUT2D eigenvalue weighted by Crippen LogP contribution is 2.37. The molecule has 2 aliphatic rings. The smallest absolute Gasteiger partial charge is 0.276 e. The molecule has 4 rings (SSSR count). The van der Waals surface area contributed by atoms with Gasteiger partial charge in [-0.1, -0.05) is 67.4 Å². The molecule has 1 N–H and O–H groups in total. The molecule has 2 aromatic rings. The van der Waals surface area contributed by atoms with Gasteiger partial charge in [0.05, 0.1) is 7.11 Å². The van der Waals surface area contributed by atoms with Gasteiger partial charge in [0.15, 0.2) is 5.69 Å². The average Bonchev–Trinajstić information content (AvgIpc) is 3.48. The third-order valence-electron chi connectivity index (χ3n) is 6.66. The molecule has 2 saturated carbocycles. The van der Waals surface area contributed by atoms with Gasteiger partial charge in [-0.15, -0.1) is 0 Å². The van der Waals surface area contributed by atoms with E-state index in [9.17, 15) is 9.59 Å². The van der Waals surface area contributed by atoms with Gasteiger partial charge < -0.3 is 15.0 Å². The zero-order valence-electron chi connectivity index (χ0n) is 18.7. The number of methoxy groups -OCH3 is 1. The van der Waals surface area contributed by atoms with Gasteiger partial charge in [0.1, 0.15) is 21.2 Å². The Morgan fingerprint density at radius 1 is 1.06 bits per heavy atom. The summed E-state index contributed by atoms with van der Waals surface area (Å²) in [5.41, 5.74) is 0.851. The zero-order chi connectivity index (χ0) is 23.4. The van der Waals surface area contributed by atoms with Crippen molar-refractivity contribution in [1.82, 2.24) is 14.6 Å². The first kappa shape index (κ1) is 24.3. The van der Waals surface area contributed by atoms with Gasteiger partial charge >= 0.3 is 0 Å². The lowest BCUT2D eigenvalue weighted by Crippen LogP contribution is -2.50. The number of hydrogen-bond acceptors (Lipinski definition) is 5. The van der Waals surface area contributed by atoms with Crippen LogP contribution < -0.4 is 10.1 Å². The molecule has 0 aliphatic heterocycles. The van der Waals surface area contributed by atoms with Crippen LogP contribution in [0.15, 0.2) is 24.3 Å². The molecule has 1 atom stereocenters. The van der Waals surface area contributed by atoms with E-state index in [-0.39, 0.29) is 39.0 Å². The summed E-state index contributed by atoms with van der Waals surface area (Å²) in [6, 6.07) is 6.62. The Labute approximate surface area is 208 Å². The van der Waals surface area contributed by atoms with E-state index < -0.39 is 6.04 Å². The minimum atomic E-state index is -0.787. The summed E-state index contributed by atoms with van der Waals surface area (Å²) in [5, 5.41) is 3.38. The highest BCUT2D eigenvalue weighted by atomic mass is 35.5. The number of nitrogens with one attached hydrogen (secondary N) is 1. The maximum Gasteiger partial charge on any atom is 0.276 e. The summed E-state index contributed by atoms with van der Waals surface area (Å²) in [6.07, 6.45) is 9.04. The van der Waals surface area contributed by atoms with Crippen molar-refractivity contribution in [3.63, 3.8) is 0 Å². The molecule has 0 radical (unpaired) electrons. The number of nitrogens with zero attached hydrogens (tertiary/aromatic N) is 2. The van der Waals surface area contributed by atoms with Gasteiger partial charge in [-0.3, -0.25) is 9.59 Å². The van der Waals surface area contributed by atoms with Gasteiger partial charge in [0.25, 0.3) is 5.91 Å². The molecule has 6 nitrogen and oxygen atoms in total. The highest BCUT2D eigenvalue weighted by molar-refractivity contribution is 7.11. The first-order valence-corrected chi connectivity index (χ1v) is 13.1. The average molecular weight is 510 g/mol. The summed E-state index contributed by atoms with van der Waals surface area (Å²) in [4.78, 5) is 29.3. The number of rotatable bonds is 7. The second-order valence-electron chi connectivity index (χ2n) is 8.79. The van der Waals surface area contributed by atoms with Crippen LogP contribution in [0.3, 0.4) is 0 Å². The Kier molecular flexibility index (Phi) is 8.15. The second kappa shape index (κ2) is 11.1. The molecule has 0 unspecified atom stereocenters. The Hall–Kier alpha value is -1.83. The molecule has 1 aromatic heterocycles. The first-order valence-electron chi connectivity index (χ1n) is 11.6. The van der Waals surface area contributed by atoms with Gasteiger partial charge in [0.2, 0.25) is 5.91 Å². The molecule has 2 amide bonds. The number of carbonyl (C=O) groups excluding carboxylic acids is 2. The third kappa shape index (κ3) is 5.47. The van der Waals surface area contributed by atoms with Gasteiger partial charge in [-0.25, -0.2) is 0 Å². The Morgan fingerprint density at radius 3 is 2.27 bits per heavy atom. The van der Waals surface area contributed by atoms with Crippen molar-refractivity contribution in [2.24, 2.45) is 0 Å². The number of benzene rings is 1. The number of carbonyl (C=O) groups is 2. The largest absolute Gasteiger partial charge is 0.497 e. The highest BCUT2D eigenvalue weighted by Gasteiger charge is 2.40. The fourth-order valence-electron chi connectivity index (χ4n) is 4.94. The molecular weight excluding hydrogens is 481 g/mol. The second-order valence-corrected chi connectivity index (χ2v) is 10.5. The molecule has 2 aliphatic carbocycles. The van der Waals surface area contributed by atoms with E-state index in [2.05, 4.69) is 9.69 Å². The molecule has 0 bridgehead atoms. The van der Waals surface area contributed by atoms with Crippen molar-refractivity contribution in [3.05, 3.63) is 44.9 Å². The van der Waals surface area contributed by atoms with Crippen molar-refractivity contribution in [1.29, 1.82) is 0 Å². The van der Waals surface area contributed by atoms with Crippen LogP contribution in [-0.2, 0) is 4.79 Å². The van der Waals surface area contributed by atoms with Crippen LogP contribution in [0.1, 0.15) is 79.9 Å². The van der Waals surface area contributed by atoms with Crippen molar-refractivity contribution >= 4 is 46.5 Å². The fourth-order valence-corrected chi connectivity index (χ4v) is 5.93. The Morgan fingerprint density at radius 2 is 1.70 bits per heavy atom. The normalized spacial score (nSPS) is 18.2. The SMILES string of the molecule is COc1ccc([C@H](C(=O)NC2CCCCC2)N(C(=O)c2nsc(Cl)c2Cl)C2CCCC2)cc1. The van der Waals surface area contributed by atoms with Crippen LogP contribution in [0.5, 0.6) is 5.75 Å². The summed E-state index contributed by atoms with van der Waals surface area (Å²) in [5.74, 6) is 0.178. The minimum Gasteiger partial charge on any atom is -0.497 e. The topological polar surface area (TPSA) is 71.5 Å². The van der Waals surface area contributed by atoms with E-state index >= 15 is 0 Å². The van der Waals surface area contributed by atoms with E-state index in [1.807, 2.05) is 24.3 Å². The van der Waals surface area contributed by atoms with Crippen molar-refractivity contribution in [2.45, 2.75) is 75.9 Å². The van der Waals surface area contributed by atoms with E-state index in [0.29, 0.717) is 5.75 Å². The number of hydrogen-bond donors (Lipinski definition) is 1. The van der Waals surface area contributed by atoms with E-state index in [4.69, 9.17) is 27.9 Å². The van der Waals surface area contributed by atoms with Crippen molar-refractivity contribution in [2.75, 3.05) is 7.11 Å². The number of amides is 2. The van der Waals surface area contributed by atoms with Crippen LogP contribution in [0.2, 0.25) is 9.36 Å². The van der Waals surface area contributed by atoms with Crippen LogP contribution in [0, 0.1) is 0 Å². The van der Waals surface area contributed by atoms with Crippen molar-refractivity contribution in [3.8, 4) is 5.75 Å². The lowest BCUT2D eigenvalue weighted by molar-refractivity contribution is -0.127. The fraction of sp³-hybridized carbons (Fsp3) is 0.542. The first-order chi connectivity index (χ1) is 16.0. The molecular formula is C24H29Cl2N3O3S. The maximum atomic E-state index is 13.8. The summed E-state index contributed by atoms with van der Waals surface area (Å²) in [7, 11) is 1.60.